The molecule has 0 bridgehead atoms. The van der Waals surface area contributed by atoms with E-state index in [-0.39, 0.29) is 6.09 Å². The average Bonchev–Trinajstić information content (AvgIpc) is 2.61. The Morgan fingerprint density at radius 1 is 1.11 bits per heavy atom. The van der Waals surface area contributed by atoms with Gasteiger partial charge in [0.15, 0.2) is 0 Å². The van der Waals surface area contributed by atoms with Gasteiger partial charge in [-0.25, -0.2) is 14.8 Å². The lowest BCUT2D eigenvalue weighted by Gasteiger charge is -2.36. The van der Waals surface area contributed by atoms with E-state index >= 15 is 0 Å². The van der Waals surface area contributed by atoms with Crippen molar-refractivity contribution in [1.82, 2.24) is 14.9 Å². The first-order valence-corrected chi connectivity index (χ1v) is 9.16. The Kier molecular flexibility index (Phi) is 5.70. The quantitative estimate of drug-likeness (QED) is 0.789. The van der Waals surface area contributed by atoms with Crippen LogP contribution in [0.2, 0.25) is 5.02 Å². The number of halogens is 1. The summed E-state index contributed by atoms with van der Waals surface area (Å²) in [5.41, 5.74) is -0.493. The zero-order valence-corrected chi connectivity index (χ0v) is 16.4. The van der Waals surface area contributed by atoms with Crippen LogP contribution in [-0.4, -0.2) is 52.7 Å². The fourth-order valence-electron chi connectivity index (χ4n) is 2.65. The first kappa shape index (κ1) is 19.2. The van der Waals surface area contributed by atoms with E-state index in [0.717, 1.165) is 5.82 Å². The minimum atomic E-state index is -0.493. The SMILES string of the molecule is CC(C)(C)OC(=O)N1CCN(c2cc(Oc3cccc(Cl)c3)ncn2)CC1. The highest BCUT2D eigenvalue weighted by Gasteiger charge is 2.26. The molecule has 3 rings (SSSR count). The molecule has 8 heteroatoms. The second-order valence-electron chi connectivity index (χ2n) is 7.23. The molecule has 0 aliphatic carbocycles. The van der Waals surface area contributed by atoms with E-state index in [1.54, 1.807) is 23.1 Å². The maximum Gasteiger partial charge on any atom is 0.410 e. The summed E-state index contributed by atoms with van der Waals surface area (Å²) in [5.74, 6) is 1.81. The molecular weight excluding hydrogens is 368 g/mol. The summed E-state index contributed by atoms with van der Waals surface area (Å²) >= 11 is 5.98. The molecule has 1 fully saturated rings. The molecule has 0 atom stereocenters. The lowest BCUT2D eigenvalue weighted by atomic mass is 10.2. The molecule has 2 heterocycles. The lowest BCUT2D eigenvalue weighted by Crippen LogP contribution is -2.50. The van der Waals surface area contributed by atoms with E-state index < -0.39 is 5.60 Å². The van der Waals surface area contributed by atoms with Crippen LogP contribution in [-0.2, 0) is 4.74 Å². The number of ether oxygens (including phenoxy) is 2. The van der Waals surface area contributed by atoms with E-state index in [1.807, 2.05) is 32.9 Å². The van der Waals surface area contributed by atoms with Crippen LogP contribution < -0.4 is 9.64 Å². The molecule has 0 spiro atoms. The smallest absolute Gasteiger partial charge is 0.410 e. The number of benzene rings is 1. The van der Waals surface area contributed by atoms with Crippen molar-refractivity contribution >= 4 is 23.5 Å². The Hall–Kier alpha value is -2.54. The summed E-state index contributed by atoms with van der Waals surface area (Å²) in [7, 11) is 0. The number of nitrogens with zero attached hydrogens (tertiary/aromatic N) is 4. The van der Waals surface area contributed by atoms with Crippen LogP contribution in [0, 0.1) is 0 Å². The van der Waals surface area contributed by atoms with Crippen LogP contribution >= 0.6 is 11.6 Å². The molecule has 1 saturated heterocycles. The van der Waals surface area contributed by atoms with Gasteiger partial charge in [0.25, 0.3) is 0 Å². The van der Waals surface area contributed by atoms with Crippen molar-refractivity contribution in [1.29, 1.82) is 0 Å². The Bertz CT molecular complexity index is 802. The number of carbonyl (C=O) groups is 1. The summed E-state index contributed by atoms with van der Waals surface area (Å²) in [6, 6.07) is 8.92. The number of anilines is 1. The number of aromatic nitrogens is 2. The van der Waals surface area contributed by atoms with Gasteiger partial charge in [0.2, 0.25) is 5.88 Å². The minimum Gasteiger partial charge on any atom is -0.444 e. The first-order valence-electron chi connectivity index (χ1n) is 8.78. The molecule has 27 heavy (non-hydrogen) atoms. The van der Waals surface area contributed by atoms with E-state index in [9.17, 15) is 4.79 Å². The molecule has 1 aromatic heterocycles. The van der Waals surface area contributed by atoms with Crippen LogP contribution in [0.3, 0.4) is 0 Å². The number of piperazine rings is 1. The van der Waals surface area contributed by atoms with Crippen molar-refractivity contribution in [3.05, 3.63) is 41.7 Å². The molecule has 7 nitrogen and oxygen atoms in total. The Morgan fingerprint density at radius 3 is 2.52 bits per heavy atom. The molecule has 1 aliphatic heterocycles. The highest BCUT2D eigenvalue weighted by molar-refractivity contribution is 6.30. The standard InChI is InChI=1S/C19H23ClN4O3/c1-19(2,3)27-18(25)24-9-7-23(8-10-24)16-12-17(22-13-21-16)26-15-6-4-5-14(20)11-15/h4-6,11-13H,7-10H2,1-3H3. The van der Waals surface area contributed by atoms with Gasteiger partial charge in [0.05, 0.1) is 0 Å². The number of hydrogen-bond acceptors (Lipinski definition) is 6. The van der Waals surface area contributed by atoms with Crippen LogP contribution in [0.4, 0.5) is 10.6 Å². The van der Waals surface area contributed by atoms with E-state index in [0.29, 0.717) is 42.8 Å². The monoisotopic (exact) mass is 390 g/mol. The van der Waals surface area contributed by atoms with Crippen molar-refractivity contribution in [2.24, 2.45) is 0 Å². The van der Waals surface area contributed by atoms with Crippen LogP contribution in [0.25, 0.3) is 0 Å². The van der Waals surface area contributed by atoms with Crippen LogP contribution in [0.15, 0.2) is 36.7 Å². The maximum atomic E-state index is 12.2. The van der Waals surface area contributed by atoms with Gasteiger partial charge in [-0.05, 0) is 39.0 Å². The molecule has 2 aromatic rings. The summed E-state index contributed by atoms with van der Waals surface area (Å²) in [6.45, 7) is 8.06. The van der Waals surface area contributed by atoms with Crippen LogP contribution in [0.1, 0.15) is 20.8 Å². The van der Waals surface area contributed by atoms with Crippen molar-refractivity contribution in [3.8, 4) is 11.6 Å². The van der Waals surface area contributed by atoms with E-state index in [2.05, 4.69) is 14.9 Å². The molecule has 0 radical (unpaired) electrons. The Morgan fingerprint density at radius 2 is 1.85 bits per heavy atom. The summed E-state index contributed by atoms with van der Waals surface area (Å²) in [4.78, 5) is 24.5. The van der Waals surface area contributed by atoms with Crippen molar-refractivity contribution in [3.63, 3.8) is 0 Å². The predicted octanol–water partition coefficient (Wildman–Crippen LogP) is 3.98. The number of hydrogen-bond donors (Lipinski definition) is 0. The predicted molar refractivity (Wildman–Crippen MR) is 104 cm³/mol. The Labute approximate surface area is 163 Å². The normalized spacial score (nSPS) is 14.8. The molecule has 0 unspecified atom stereocenters. The van der Waals surface area contributed by atoms with Gasteiger partial charge in [-0.2, -0.15) is 0 Å². The van der Waals surface area contributed by atoms with E-state index in [4.69, 9.17) is 21.1 Å². The maximum absolute atomic E-state index is 12.2. The Balaban J connectivity index is 1.61. The lowest BCUT2D eigenvalue weighted by molar-refractivity contribution is 0.0240. The van der Waals surface area contributed by atoms with Gasteiger partial charge < -0.3 is 19.3 Å². The fourth-order valence-corrected chi connectivity index (χ4v) is 2.83. The molecule has 144 valence electrons. The van der Waals surface area contributed by atoms with Crippen LogP contribution in [0.5, 0.6) is 11.6 Å². The van der Waals surface area contributed by atoms with Gasteiger partial charge in [-0.3, -0.25) is 0 Å². The number of rotatable bonds is 3. The molecule has 0 saturated carbocycles. The van der Waals surface area contributed by atoms with Gasteiger partial charge in [-0.1, -0.05) is 17.7 Å². The number of carbonyl (C=O) groups excluding carboxylic acids is 1. The van der Waals surface area contributed by atoms with Crippen molar-refractivity contribution in [2.75, 3.05) is 31.1 Å². The van der Waals surface area contributed by atoms with Crippen molar-refractivity contribution in [2.45, 2.75) is 26.4 Å². The summed E-state index contributed by atoms with van der Waals surface area (Å²) in [6.07, 6.45) is 1.19. The first-order chi connectivity index (χ1) is 12.8. The highest BCUT2D eigenvalue weighted by atomic mass is 35.5. The molecular formula is C19H23ClN4O3. The fraction of sp³-hybridized carbons (Fsp3) is 0.421. The minimum absolute atomic E-state index is 0.283. The second kappa shape index (κ2) is 8.00. The summed E-state index contributed by atoms with van der Waals surface area (Å²) < 4.78 is 11.2. The zero-order chi connectivity index (χ0) is 19.4. The largest absolute Gasteiger partial charge is 0.444 e. The van der Waals surface area contributed by atoms with Gasteiger partial charge >= 0.3 is 6.09 Å². The summed E-state index contributed by atoms with van der Waals surface area (Å²) in [5, 5.41) is 0.597. The van der Waals surface area contributed by atoms with Gasteiger partial charge in [-0.15, -0.1) is 0 Å². The highest BCUT2D eigenvalue weighted by Crippen LogP contribution is 2.25. The third-order valence-corrected chi connectivity index (χ3v) is 4.14. The van der Waals surface area contributed by atoms with E-state index in [1.165, 1.54) is 6.33 Å². The molecule has 0 N–H and O–H groups in total. The topological polar surface area (TPSA) is 67.8 Å². The average molecular weight is 391 g/mol. The van der Waals surface area contributed by atoms with Gasteiger partial charge in [0, 0.05) is 37.3 Å². The van der Waals surface area contributed by atoms with Crippen molar-refractivity contribution < 1.29 is 14.3 Å². The third kappa shape index (κ3) is 5.47. The number of amides is 1. The third-order valence-electron chi connectivity index (χ3n) is 3.90. The second-order valence-corrected chi connectivity index (χ2v) is 7.66. The molecule has 1 amide bonds. The molecule has 1 aliphatic rings. The van der Waals surface area contributed by atoms with Gasteiger partial charge in [0.1, 0.15) is 23.5 Å². The molecule has 1 aromatic carbocycles. The zero-order valence-electron chi connectivity index (χ0n) is 15.7.